The molecular formula is C53H39N. The second-order valence-electron chi connectivity index (χ2n) is 15.0. The summed E-state index contributed by atoms with van der Waals surface area (Å²) in [5, 5.41) is 5.11. The minimum absolute atomic E-state index is 0.147. The molecule has 256 valence electrons. The van der Waals surface area contributed by atoms with E-state index in [1.54, 1.807) is 0 Å². The lowest BCUT2D eigenvalue weighted by molar-refractivity contribution is 0.645. The first-order valence-electron chi connectivity index (χ1n) is 18.8. The summed E-state index contributed by atoms with van der Waals surface area (Å²) in [4.78, 5) is 2.37. The van der Waals surface area contributed by atoms with Crippen molar-refractivity contribution >= 4 is 38.6 Å². The summed E-state index contributed by atoms with van der Waals surface area (Å²) in [6.07, 6.45) is 0. The van der Waals surface area contributed by atoms with Crippen molar-refractivity contribution in [2.45, 2.75) is 19.3 Å². The Morgan fingerprint density at radius 2 is 0.852 bits per heavy atom. The van der Waals surface area contributed by atoms with Crippen LogP contribution in [0.5, 0.6) is 0 Å². The molecule has 9 aromatic carbocycles. The minimum Gasteiger partial charge on any atom is -0.310 e. The molecule has 0 amide bonds. The summed E-state index contributed by atoms with van der Waals surface area (Å²) < 4.78 is 0. The number of anilines is 3. The van der Waals surface area contributed by atoms with Crippen LogP contribution in [0, 0.1) is 0 Å². The van der Waals surface area contributed by atoms with Crippen molar-refractivity contribution in [1.29, 1.82) is 0 Å². The first kappa shape index (κ1) is 32.0. The molecule has 54 heavy (non-hydrogen) atoms. The second kappa shape index (κ2) is 12.8. The van der Waals surface area contributed by atoms with Crippen molar-refractivity contribution in [3.05, 3.63) is 211 Å². The zero-order valence-electron chi connectivity index (χ0n) is 30.5. The summed E-state index contributed by atoms with van der Waals surface area (Å²) >= 11 is 0. The van der Waals surface area contributed by atoms with Crippen molar-refractivity contribution < 1.29 is 0 Å². The van der Waals surface area contributed by atoms with Crippen LogP contribution in [-0.2, 0) is 5.41 Å². The molecule has 0 radical (unpaired) electrons. The number of benzene rings is 9. The van der Waals surface area contributed by atoms with Gasteiger partial charge in [0.15, 0.2) is 0 Å². The van der Waals surface area contributed by atoms with Gasteiger partial charge in [-0.15, -0.1) is 0 Å². The molecule has 0 saturated carbocycles. The molecule has 0 N–H and O–H groups in total. The molecule has 0 aromatic heterocycles. The lowest BCUT2D eigenvalue weighted by atomic mass is 9.67. The van der Waals surface area contributed by atoms with E-state index in [-0.39, 0.29) is 5.41 Å². The highest BCUT2D eigenvalue weighted by Crippen LogP contribution is 2.52. The molecule has 0 aliphatic heterocycles. The minimum atomic E-state index is -0.147. The van der Waals surface area contributed by atoms with E-state index in [9.17, 15) is 0 Å². The molecule has 0 spiro atoms. The van der Waals surface area contributed by atoms with Gasteiger partial charge in [0.05, 0.1) is 0 Å². The van der Waals surface area contributed by atoms with E-state index >= 15 is 0 Å². The Labute approximate surface area is 317 Å². The third-order valence-electron chi connectivity index (χ3n) is 11.4. The molecule has 0 unspecified atom stereocenters. The molecule has 10 rings (SSSR count). The lowest BCUT2D eigenvalue weighted by Crippen LogP contribution is -2.24. The van der Waals surface area contributed by atoms with Gasteiger partial charge >= 0.3 is 0 Å². The van der Waals surface area contributed by atoms with Gasteiger partial charge in [-0.2, -0.15) is 0 Å². The Morgan fingerprint density at radius 3 is 1.56 bits per heavy atom. The van der Waals surface area contributed by atoms with Crippen LogP contribution in [0.2, 0.25) is 0 Å². The Balaban J connectivity index is 1.11. The van der Waals surface area contributed by atoms with E-state index in [4.69, 9.17) is 0 Å². The molecule has 0 heterocycles. The van der Waals surface area contributed by atoms with Gasteiger partial charge in [-0.25, -0.2) is 0 Å². The van der Waals surface area contributed by atoms with Gasteiger partial charge in [-0.1, -0.05) is 172 Å². The first-order chi connectivity index (χ1) is 26.5. The van der Waals surface area contributed by atoms with Gasteiger partial charge in [0, 0.05) is 22.5 Å². The lowest BCUT2D eigenvalue weighted by Gasteiger charge is -2.36. The predicted octanol–water partition coefficient (Wildman–Crippen LogP) is 14.8. The van der Waals surface area contributed by atoms with Crippen molar-refractivity contribution in [2.24, 2.45) is 0 Å². The topological polar surface area (TPSA) is 3.24 Å². The summed E-state index contributed by atoms with van der Waals surface area (Å²) in [5.41, 5.74) is 16.0. The third kappa shape index (κ3) is 5.32. The van der Waals surface area contributed by atoms with E-state index in [0.717, 1.165) is 17.1 Å². The number of hydrogen-bond donors (Lipinski definition) is 0. The summed E-state index contributed by atoms with van der Waals surface area (Å²) in [5.74, 6) is 0. The molecule has 1 nitrogen and oxygen atoms in total. The van der Waals surface area contributed by atoms with Crippen LogP contribution < -0.4 is 4.90 Å². The number of fused-ring (bicyclic) bond motifs is 3. The SMILES string of the molecule is CC1(C)c2cc(-c3ccccc3)ccc2-c2c(-c3ccc(N(c4ccc(-c5ccccc5)cc4)c4ccc5ccccc5c4)cc3)ccc3cccc1c23. The highest BCUT2D eigenvalue weighted by Gasteiger charge is 2.35. The average Bonchev–Trinajstić information content (AvgIpc) is 3.24. The molecule has 1 aliphatic rings. The van der Waals surface area contributed by atoms with E-state index in [0.29, 0.717) is 0 Å². The van der Waals surface area contributed by atoms with Gasteiger partial charge in [0.2, 0.25) is 0 Å². The molecular weight excluding hydrogens is 651 g/mol. The fraction of sp³-hybridized carbons (Fsp3) is 0.0566. The highest BCUT2D eigenvalue weighted by atomic mass is 15.1. The number of nitrogens with zero attached hydrogens (tertiary/aromatic N) is 1. The van der Waals surface area contributed by atoms with Crippen LogP contribution in [0.25, 0.3) is 66.1 Å². The van der Waals surface area contributed by atoms with Crippen molar-refractivity contribution in [1.82, 2.24) is 0 Å². The smallest absolute Gasteiger partial charge is 0.0468 e. The van der Waals surface area contributed by atoms with Gasteiger partial charge in [-0.3, -0.25) is 0 Å². The van der Waals surface area contributed by atoms with Crippen LogP contribution in [-0.4, -0.2) is 0 Å². The Hall–Kier alpha value is -6.70. The zero-order chi connectivity index (χ0) is 36.2. The molecule has 0 atom stereocenters. The van der Waals surface area contributed by atoms with Crippen LogP contribution in [0.1, 0.15) is 25.0 Å². The Kier molecular flexibility index (Phi) is 7.56. The zero-order valence-corrected chi connectivity index (χ0v) is 30.5. The quantitative estimate of drug-likeness (QED) is 0.168. The van der Waals surface area contributed by atoms with Crippen LogP contribution in [0.3, 0.4) is 0 Å². The number of hydrogen-bond acceptors (Lipinski definition) is 1. The van der Waals surface area contributed by atoms with Crippen LogP contribution in [0.15, 0.2) is 200 Å². The fourth-order valence-electron chi connectivity index (χ4n) is 8.64. The first-order valence-corrected chi connectivity index (χ1v) is 18.8. The monoisotopic (exact) mass is 689 g/mol. The third-order valence-corrected chi connectivity index (χ3v) is 11.4. The maximum absolute atomic E-state index is 2.43. The van der Waals surface area contributed by atoms with E-state index < -0.39 is 0 Å². The molecule has 1 heteroatoms. The van der Waals surface area contributed by atoms with Crippen LogP contribution in [0.4, 0.5) is 17.1 Å². The van der Waals surface area contributed by atoms with E-state index in [2.05, 4.69) is 219 Å². The number of rotatable bonds is 6. The van der Waals surface area contributed by atoms with E-state index in [1.165, 1.54) is 77.2 Å². The van der Waals surface area contributed by atoms with Crippen molar-refractivity contribution in [2.75, 3.05) is 4.90 Å². The normalized spacial score (nSPS) is 12.8. The molecule has 0 saturated heterocycles. The molecule has 9 aromatic rings. The Morgan fingerprint density at radius 1 is 0.333 bits per heavy atom. The van der Waals surface area contributed by atoms with Gasteiger partial charge in [0.25, 0.3) is 0 Å². The second-order valence-corrected chi connectivity index (χ2v) is 15.0. The molecule has 0 fully saturated rings. The maximum Gasteiger partial charge on any atom is 0.0468 e. The standard InChI is InChI=1S/C53H39N/c1-53(2)49-19-11-18-41-25-32-47(52(51(41)49)48-33-26-43(35-50(48)53)37-14-7-4-8-15-37)40-23-29-45(30-24-40)54(46-31-22-38-16-9-10-17-42(38)34-46)44-27-20-39(21-28-44)36-12-5-3-6-13-36/h3-35H,1-2H3. The molecule has 1 aliphatic carbocycles. The average molecular weight is 690 g/mol. The predicted molar refractivity (Wildman–Crippen MR) is 230 cm³/mol. The van der Waals surface area contributed by atoms with Gasteiger partial charge in [0.1, 0.15) is 0 Å². The summed E-state index contributed by atoms with van der Waals surface area (Å²) in [6.45, 7) is 4.76. The van der Waals surface area contributed by atoms with E-state index in [1.807, 2.05) is 0 Å². The molecule has 0 bridgehead atoms. The highest BCUT2D eigenvalue weighted by molar-refractivity contribution is 6.09. The van der Waals surface area contributed by atoms with Crippen molar-refractivity contribution in [3.63, 3.8) is 0 Å². The van der Waals surface area contributed by atoms with Crippen molar-refractivity contribution in [3.8, 4) is 44.5 Å². The van der Waals surface area contributed by atoms with Crippen LogP contribution >= 0.6 is 0 Å². The Bertz CT molecular complexity index is 2810. The maximum atomic E-state index is 2.43. The summed E-state index contributed by atoms with van der Waals surface area (Å²) in [6, 6.07) is 73.3. The largest absolute Gasteiger partial charge is 0.310 e. The summed E-state index contributed by atoms with van der Waals surface area (Å²) in [7, 11) is 0. The fourth-order valence-corrected chi connectivity index (χ4v) is 8.64. The van der Waals surface area contributed by atoms with Gasteiger partial charge in [-0.05, 0) is 120 Å². The van der Waals surface area contributed by atoms with Gasteiger partial charge < -0.3 is 4.90 Å².